The third kappa shape index (κ3) is 29.7. The van der Waals surface area contributed by atoms with Gasteiger partial charge >= 0.3 is 0 Å². The summed E-state index contributed by atoms with van der Waals surface area (Å²) in [5.74, 6) is 1.08. The molecular formula is C45H89N3S. The Morgan fingerprint density at radius 3 is 1.12 bits per heavy atom. The molecule has 0 radical (unpaired) electrons. The molecule has 0 fully saturated rings. The fourth-order valence-electron chi connectivity index (χ4n) is 7.72. The van der Waals surface area contributed by atoms with Gasteiger partial charge in [-0.15, -0.1) is 0 Å². The van der Waals surface area contributed by atoms with E-state index in [1.807, 2.05) is 11.8 Å². The van der Waals surface area contributed by atoms with Crippen molar-refractivity contribution in [3.8, 4) is 0 Å². The van der Waals surface area contributed by atoms with E-state index in [0.29, 0.717) is 5.41 Å². The molecule has 0 aliphatic heterocycles. The van der Waals surface area contributed by atoms with Crippen molar-refractivity contribution in [1.29, 1.82) is 0 Å². The first-order valence-electron chi connectivity index (χ1n) is 22.3. The number of hydrogen-bond donors (Lipinski definition) is 0. The van der Waals surface area contributed by atoms with Crippen molar-refractivity contribution in [3.05, 3.63) is 5.82 Å². The van der Waals surface area contributed by atoms with Crippen molar-refractivity contribution < 1.29 is 0 Å². The molecule has 1 rings (SSSR count). The highest BCUT2D eigenvalue weighted by Crippen LogP contribution is 2.40. The van der Waals surface area contributed by atoms with Crippen molar-refractivity contribution in [2.24, 2.45) is 5.41 Å². The van der Waals surface area contributed by atoms with Crippen LogP contribution in [0.25, 0.3) is 0 Å². The lowest BCUT2D eigenvalue weighted by Crippen LogP contribution is -2.24. The summed E-state index contributed by atoms with van der Waals surface area (Å²) in [5, 5.41) is 6.24. The number of nitrogens with zero attached hydrogens (tertiary/aromatic N) is 3. The van der Waals surface area contributed by atoms with Crippen molar-refractivity contribution in [1.82, 2.24) is 14.8 Å². The van der Waals surface area contributed by atoms with Crippen LogP contribution >= 0.6 is 11.8 Å². The van der Waals surface area contributed by atoms with E-state index in [2.05, 4.69) is 53.1 Å². The van der Waals surface area contributed by atoms with Crippen LogP contribution in [0.2, 0.25) is 0 Å². The van der Waals surface area contributed by atoms with Crippen molar-refractivity contribution in [3.63, 3.8) is 0 Å². The van der Waals surface area contributed by atoms with Gasteiger partial charge in [0.1, 0.15) is 0 Å². The molecule has 3 nitrogen and oxygen atoms in total. The molecule has 4 heteroatoms. The quantitative estimate of drug-likeness (QED) is 0.0515. The Labute approximate surface area is 313 Å². The average Bonchev–Trinajstić information content (AvgIpc) is 3.41. The molecule has 290 valence electrons. The Morgan fingerprint density at radius 1 is 0.449 bits per heavy atom. The van der Waals surface area contributed by atoms with E-state index in [0.717, 1.165) is 23.9 Å². The summed E-state index contributed by atoms with van der Waals surface area (Å²) in [6.45, 7) is 17.5. The maximum atomic E-state index is 5.14. The first-order valence-corrected chi connectivity index (χ1v) is 23.1. The summed E-state index contributed by atoms with van der Waals surface area (Å²) >= 11 is 1.96. The molecule has 0 atom stereocenters. The van der Waals surface area contributed by atoms with E-state index >= 15 is 0 Å². The SMILES string of the molecule is CCCCCCCCCCCCCCCCCCn1nc(CCCCCCCCCCCCCCCCC)nc1SC(C)(C)CC(C)(C)C. The zero-order chi connectivity index (χ0) is 35.9. The summed E-state index contributed by atoms with van der Waals surface area (Å²) in [6.07, 6.45) is 46.0. The number of rotatable bonds is 36. The molecule has 1 heterocycles. The zero-order valence-electron chi connectivity index (χ0n) is 34.8. The highest BCUT2D eigenvalue weighted by atomic mass is 32.2. The van der Waals surface area contributed by atoms with Gasteiger partial charge in [-0.1, -0.05) is 246 Å². The van der Waals surface area contributed by atoms with Crippen molar-refractivity contribution in [2.75, 3.05) is 0 Å². The van der Waals surface area contributed by atoms with Crippen LogP contribution in [-0.4, -0.2) is 19.5 Å². The van der Waals surface area contributed by atoms with Crippen LogP contribution in [0.5, 0.6) is 0 Å². The standard InChI is InChI=1S/C45H89N3S/c1-8-10-12-14-16-18-20-22-24-26-28-30-32-34-36-38-40-48-43(49-45(6,7)41-44(3,4)5)46-42(47-48)39-37-35-33-31-29-27-25-23-21-19-17-15-13-11-9-2/h8-41H2,1-7H3. The summed E-state index contributed by atoms with van der Waals surface area (Å²) in [4.78, 5) is 5.14. The minimum Gasteiger partial charge on any atom is -0.241 e. The molecule has 0 amide bonds. The average molecular weight is 704 g/mol. The smallest absolute Gasteiger partial charge is 0.186 e. The number of aromatic nitrogens is 3. The predicted octanol–water partition coefficient (Wildman–Crippen LogP) is 16.3. The van der Waals surface area contributed by atoms with Crippen LogP contribution < -0.4 is 0 Å². The second-order valence-electron chi connectivity index (χ2n) is 17.6. The number of thioether (sulfide) groups is 1. The summed E-state index contributed by atoms with van der Waals surface area (Å²) in [7, 11) is 0. The first kappa shape index (κ1) is 46.5. The van der Waals surface area contributed by atoms with Crippen LogP contribution in [0.3, 0.4) is 0 Å². The molecule has 1 aromatic heterocycles. The van der Waals surface area contributed by atoms with E-state index in [-0.39, 0.29) is 4.75 Å². The van der Waals surface area contributed by atoms with Crippen molar-refractivity contribution in [2.45, 2.75) is 277 Å². The van der Waals surface area contributed by atoms with Crippen LogP contribution in [-0.2, 0) is 13.0 Å². The van der Waals surface area contributed by atoms with Crippen LogP contribution in [0, 0.1) is 5.41 Å². The van der Waals surface area contributed by atoms with Gasteiger partial charge in [0.25, 0.3) is 0 Å². The lowest BCUT2D eigenvalue weighted by molar-refractivity contribution is 0.338. The van der Waals surface area contributed by atoms with Gasteiger partial charge < -0.3 is 0 Å². The minimum absolute atomic E-state index is 0.156. The Morgan fingerprint density at radius 2 is 0.776 bits per heavy atom. The Hall–Kier alpha value is -0.510. The Kier molecular flexibility index (Phi) is 29.5. The summed E-state index contributed by atoms with van der Waals surface area (Å²) in [5.41, 5.74) is 0.311. The van der Waals surface area contributed by atoms with Crippen LogP contribution in [0.1, 0.15) is 260 Å². The lowest BCUT2D eigenvalue weighted by atomic mass is 9.86. The Bertz CT molecular complexity index is 839. The van der Waals surface area contributed by atoms with E-state index in [1.54, 1.807) is 0 Å². The largest absolute Gasteiger partial charge is 0.241 e. The van der Waals surface area contributed by atoms with Gasteiger partial charge in [-0.05, 0) is 24.7 Å². The monoisotopic (exact) mass is 704 g/mol. The number of hydrogen-bond acceptors (Lipinski definition) is 3. The minimum atomic E-state index is 0.156. The molecule has 0 aliphatic carbocycles. The second-order valence-corrected chi connectivity index (χ2v) is 19.3. The molecule has 0 unspecified atom stereocenters. The molecule has 0 aliphatic rings. The third-order valence-electron chi connectivity index (χ3n) is 10.2. The zero-order valence-corrected chi connectivity index (χ0v) is 35.6. The molecule has 0 bridgehead atoms. The lowest BCUT2D eigenvalue weighted by Gasteiger charge is -2.31. The highest BCUT2D eigenvalue weighted by molar-refractivity contribution is 8.00. The van der Waals surface area contributed by atoms with E-state index < -0.39 is 0 Å². The summed E-state index contributed by atoms with van der Waals surface area (Å²) < 4.78 is 2.43. The van der Waals surface area contributed by atoms with Crippen LogP contribution in [0.15, 0.2) is 5.16 Å². The highest BCUT2D eigenvalue weighted by Gasteiger charge is 2.29. The number of aryl methyl sites for hydroxylation is 2. The molecule has 1 aromatic rings. The van der Waals surface area contributed by atoms with Crippen LogP contribution in [0.4, 0.5) is 0 Å². The Balaban J connectivity index is 2.27. The summed E-state index contributed by atoms with van der Waals surface area (Å²) in [6, 6.07) is 0. The maximum absolute atomic E-state index is 5.14. The second kappa shape index (κ2) is 31.1. The molecule has 0 aromatic carbocycles. The van der Waals surface area contributed by atoms with Gasteiger partial charge in [0.2, 0.25) is 0 Å². The molecule has 0 saturated heterocycles. The van der Waals surface area contributed by atoms with E-state index in [1.165, 1.54) is 205 Å². The van der Waals surface area contributed by atoms with E-state index in [4.69, 9.17) is 10.1 Å². The van der Waals surface area contributed by atoms with Gasteiger partial charge in [-0.2, -0.15) is 5.10 Å². The fourth-order valence-corrected chi connectivity index (χ4v) is 9.11. The topological polar surface area (TPSA) is 30.7 Å². The van der Waals surface area contributed by atoms with Crippen molar-refractivity contribution >= 4 is 11.8 Å². The first-order chi connectivity index (χ1) is 23.7. The number of unbranched alkanes of at least 4 members (excludes halogenated alkanes) is 29. The fraction of sp³-hybridized carbons (Fsp3) is 0.956. The molecule has 0 N–H and O–H groups in total. The maximum Gasteiger partial charge on any atom is 0.186 e. The molecule has 0 spiro atoms. The molecule has 49 heavy (non-hydrogen) atoms. The normalized spacial score (nSPS) is 12.4. The van der Waals surface area contributed by atoms with Gasteiger partial charge in [0.15, 0.2) is 11.0 Å². The van der Waals surface area contributed by atoms with Gasteiger partial charge in [-0.25, -0.2) is 9.67 Å². The third-order valence-corrected chi connectivity index (χ3v) is 11.4. The van der Waals surface area contributed by atoms with Gasteiger partial charge in [0.05, 0.1) is 0 Å². The van der Waals surface area contributed by atoms with E-state index in [9.17, 15) is 0 Å². The van der Waals surface area contributed by atoms with Gasteiger partial charge in [0, 0.05) is 17.7 Å². The van der Waals surface area contributed by atoms with Gasteiger partial charge in [-0.3, -0.25) is 0 Å². The molecular weight excluding hydrogens is 615 g/mol. The predicted molar refractivity (Wildman–Crippen MR) is 222 cm³/mol. The molecule has 0 saturated carbocycles.